The van der Waals surface area contributed by atoms with Crippen LogP contribution < -0.4 is 4.90 Å². The second-order valence-electron chi connectivity index (χ2n) is 5.42. The number of halogens is 1. The number of nitrogens with zero attached hydrogens (tertiary/aromatic N) is 4. The third kappa shape index (κ3) is 2.95. The third-order valence-electron chi connectivity index (χ3n) is 3.76. The Balaban J connectivity index is 2.13. The predicted molar refractivity (Wildman–Crippen MR) is 82.3 cm³/mol. The molecule has 1 saturated heterocycles. The Morgan fingerprint density at radius 1 is 1.15 bits per heavy atom. The van der Waals surface area contributed by atoms with Gasteiger partial charge < -0.3 is 4.90 Å². The van der Waals surface area contributed by atoms with Crippen LogP contribution in [0.5, 0.6) is 0 Å². The van der Waals surface area contributed by atoms with Gasteiger partial charge in [0.25, 0.3) is 0 Å². The van der Waals surface area contributed by atoms with Gasteiger partial charge in [-0.1, -0.05) is 15.9 Å². The van der Waals surface area contributed by atoms with Crippen molar-refractivity contribution in [3.8, 4) is 12.1 Å². The number of rotatable bonds is 2. The molecule has 2 rings (SSSR count). The van der Waals surface area contributed by atoms with Crippen LogP contribution in [0.2, 0.25) is 0 Å². The predicted octanol–water partition coefficient (Wildman–Crippen LogP) is 2.74. The van der Waals surface area contributed by atoms with Crippen LogP contribution in [0.1, 0.15) is 19.4 Å². The van der Waals surface area contributed by atoms with Crippen molar-refractivity contribution in [2.45, 2.75) is 19.4 Å². The van der Waals surface area contributed by atoms with E-state index in [1.165, 1.54) is 0 Å². The molecule has 1 aromatic carbocycles. The Hall–Kier alpha value is -1.56. The molecule has 0 amide bonds. The van der Waals surface area contributed by atoms with Gasteiger partial charge in [0.1, 0.15) is 11.6 Å². The molecule has 0 atom stereocenters. The van der Waals surface area contributed by atoms with E-state index in [-0.39, 0.29) is 0 Å². The zero-order valence-electron chi connectivity index (χ0n) is 11.7. The molecule has 0 bridgehead atoms. The molecule has 1 aromatic rings. The summed E-state index contributed by atoms with van der Waals surface area (Å²) in [6.07, 6.45) is 0. The Kier molecular flexibility index (Phi) is 4.32. The van der Waals surface area contributed by atoms with Crippen molar-refractivity contribution in [2.24, 2.45) is 0 Å². The standard InChI is InChI=1S/C15H17BrN4/c1-15(2,11-18)20-7-5-19(6-8-20)14-4-3-13(16)9-12(14)10-17/h3-4,9H,5-8H2,1-2H3. The maximum absolute atomic E-state index is 9.24. The second kappa shape index (κ2) is 5.83. The molecule has 0 unspecified atom stereocenters. The lowest BCUT2D eigenvalue weighted by Crippen LogP contribution is -2.54. The zero-order chi connectivity index (χ0) is 14.8. The Morgan fingerprint density at radius 3 is 2.35 bits per heavy atom. The normalized spacial score (nSPS) is 16.6. The average molecular weight is 333 g/mol. The zero-order valence-corrected chi connectivity index (χ0v) is 13.3. The maximum atomic E-state index is 9.24. The van der Waals surface area contributed by atoms with Crippen molar-refractivity contribution in [1.82, 2.24) is 4.90 Å². The minimum Gasteiger partial charge on any atom is -0.368 e. The molecule has 1 aliphatic rings. The molecule has 0 aromatic heterocycles. The molecule has 104 valence electrons. The van der Waals surface area contributed by atoms with Gasteiger partial charge in [-0.2, -0.15) is 10.5 Å². The molecule has 0 saturated carbocycles. The molecule has 1 heterocycles. The Labute approximate surface area is 128 Å². The van der Waals surface area contributed by atoms with Crippen LogP contribution in [0.3, 0.4) is 0 Å². The summed E-state index contributed by atoms with van der Waals surface area (Å²) in [5.41, 5.74) is 1.24. The first-order chi connectivity index (χ1) is 9.47. The fourth-order valence-electron chi connectivity index (χ4n) is 2.45. The molecule has 0 aliphatic carbocycles. The first-order valence-electron chi connectivity index (χ1n) is 6.59. The van der Waals surface area contributed by atoms with Crippen molar-refractivity contribution in [3.63, 3.8) is 0 Å². The highest BCUT2D eigenvalue weighted by atomic mass is 79.9. The van der Waals surface area contributed by atoms with Gasteiger partial charge >= 0.3 is 0 Å². The van der Waals surface area contributed by atoms with Gasteiger partial charge in [0.15, 0.2) is 0 Å². The fraction of sp³-hybridized carbons (Fsp3) is 0.467. The van der Waals surface area contributed by atoms with Gasteiger partial charge in [0, 0.05) is 30.7 Å². The van der Waals surface area contributed by atoms with Crippen LogP contribution in [0.25, 0.3) is 0 Å². The molecule has 4 nitrogen and oxygen atoms in total. The van der Waals surface area contributed by atoms with Gasteiger partial charge in [-0.25, -0.2) is 0 Å². The molecule has 0 spiro atoms. The molecule has 5 heteroatoms. The van der Waals surface area contributed by atoms with Crippen molar-refractivity contribution >= 4 is 21.6 Å². The molecule has 1 aliphatic heterocycles. The lowest BCUT2D eigenvalue weighted by atomic mass is 10.0. The highest BCUT2D eigenvalue weighted by Crippen LogP contribution is 2.26. The quantitative estimate of drug-likeness (QED) is 0.835. The van der Waals surface area contributed by atoms with E-state index in [9.17, 15) is 10.5 Å². The second-order valence-corrected chi connectivity index (χ2v) is 6.33. The molecule has 20 heavy (non-hydrogen) atoms. The van der Waals surface area contributed by atoms with E-state index in [2.05, 4.69) is 37.9 Å². The number of nitriles is 2. The van der Waals surface area contributed by atoms with Gasteiger partial charge in [0.2, 0.25) is 0 Å². The Morgan fingerprint density at radius 2 is 1.80 bits per heavy atom. The lowest BCUT2D eigenvalue weighted by molar-refractivity contribution is 0.158. The van der Waals surface area contributed by atoms with E-state index in [1.807, 2.05) is 32.0 Å². The van der Waals surface area contributed by atoms with Gasteiger partial charge in [-0.15, -0.1) is 0 Å². The minimum absolute atomic E-state index is 0.427. The summed E-state index contributed by atoms with van der Waals surface area (Å²) in [5.74, 6) is 0. The number of hydrogen-bond acceptors (Lipinski definition) is 4. The van der Waals surface area contributed by atoms with Crippen molar-refractivity contribution < 1.29 is 0 Å². The smallest absolute Gasteiger partial charge is 0.103 e. The van der Waals surface area contributed by atoms with Crippen molar-refractivity contribution in [2.75, 3.05) is 31.1 Å². The highest BCUT2D eigenvalue weighted by molar-refractivity contribution is 9.10. The van der Waals surface area contributed by atoms with Gasteiger partial charge in [-0.05, 0) is 32.0 Å². The van der Waals surface area contributed by atoms with Crippen molar-refractivity contribution in [3.05, 3.63) is 28.2 Å². The Bertz CT molecular complexity index is 575. The van der Waals surface area contributed by atoms with Gasteiger partial charge in [-0.3, -0.25) is 4.90 Å². The van der Waals surface area contributed by atoms with Crippen LogP contribution in [0.4, 0.5) is 5.69 Å². The van der Waals surface area contributed by atoms with E-state index in [0.29, 0.717) is 5.56 Å². The molecular formula is C15H17BrN4. The van der Waals surface area contributed by atoms with E-state index in [4.69, 9.17) is 0 Å². The first-order valence-corrected chi connectivity index (χ1v) is 7.38. The van der Waals surface area contributed by atoms with Crippen LogP contribution in [-0.2, 0) is 0 Å². The summed E-state index contributed by atoms with van der Waals surface area (Å²) in [6, 6.07) is 10.4. The van der Waals surface area contributed by atoms with Crippen LogP contribution in [0, 0.1) is 22.7 Å². The van der Waals surface area contributed by atoms with Crippen molar-refractivity contribution in [1.29, 1.82) is 10.5 Å². The van der Waals surface area contributed by atoms with Crippen LogP contribution >= 0.6 is 15.9 Å². The van der Waals surface area contributed by atoms with E-state index < -0.39 is 5.54 Å². The molecule has 0 radical (unpaired) electrons. The summed E-state index contributed by atoms with van der Waals surface area (Å²) in [6.45, 7) is 7.23. The minimum atomic E-state index is -0.427. The van der Waals surface area contributed by atoms with E-state index in [0.717, 1.165) is 36.3 Å². The number of hydrogen-bond donors (Lipinski definition) is 0. The van der Waals surface area contributed by atoms with Gasteiger partial charge in [0.05, 0.1) is 17.3 Å². The topological polar surface area (TPSA) is 54.1 Å². The van der Waals surface area contributed by atoms with E-state index >= 15 is 0 Å². The maximum Gasteiger partial charge on any atom is 0.103 e. The lowest BCUT2D eigenvalue weighted by Gasteiger charge is -2.41. The SMILES string of the molecule is CC(C)(C#N)N1CCN(c2ccc(Br)cc2C#N)CC1. The largest absolute Gasteiger partial charge is 0.368 e. The summed E-state index contributed by atoms with van der Waals surface area (Å²) >= 11 is 3.39. The molecular weight excluding hydrogens is 316 g/mol. The number of benzene rings is 1. The highest BCUT2D eigenvalue weighted by Gasteiger charge is 2.30. The third-order valence-corrected chi connectivity index (χ3v) is 4.26. The van der Waals surface area contributed by atoms with Crippen LogP contribution in [-0.4, -0.2) is 36.6 Å². The summed E-state index contributed by atoms with van der Waals surface area (Å²) in [7, 11) is 0. The average Bonchev–Trinajstić information content (AvgIpc) is 2.47. The molecule has 0 N–H and O–H groups in total. The summed E-state index contributed by atoms with van der Waals surface area (Å²) in [5, 5.41) is 18.4. The fourth-order valence-corrected chi connectivity index (χ4v) is 2.81. The summed E-state index contributed by atoms with van der Waals surface area (Å²) < 4.78 is 0.919. The first kappa shape index (κ1) is 14.8. The number of piperazine rings is 1. The summed E-state index contributed by atoms with van der Waals surface area (Å²) in [4.78, 5) is 4.41. The van der Waals surface area contributed by atoms with E-state index in [1.54, 1.807) is 0 Å². The molecule has 1 fully saturated rings. The van der Waals surface area contributed by atoms with Crippen LogP contribution in [0.15, 0.2) is 22.7 Å². The monoisotopic (exact) mass is 332 g/mol. The number of anilines is 1.